The topological polar surface area (TPSA) is 81.7 Å². The van der Waals surface area contributed by atoms with Crippen molar-refractivity contribution < 1.29 is 23.9 Å². The van der Waals surface area contributed by atoms with Crippen molar-refractivity contribution in [3.63, 3.8) is 0 Å². The molecule has 28 heavy (non-hydrogen) atoms. The van der Waals surface area contributed by atoms with Crippen LogP contribution in [0.1, 0.15) is 78.6 Å². The van der Waals surface area contributed by atoms with Crippen LogP contribution in [0.4, 0.5) is 0 Å². The molecule has 1 amide bonds. The maximum atomic E-state index is 12.5. The van der Waals surface area contributed by atoms with Gasteiger partial charge in [-0.3, -0.25) is 9.59 Å². The number of hydrogen-bond donors (Lipinski definition) is 1. The molecule has 0 spiro atoms. The Balaban J connectivity index is 2.63. The molecule has 2 unspecified atom stereocenters. The minimum absolute atomic E-state index is 0.0960. The van der Waals surface area contributed by atoms with Gasteiger partial charge in [-0.15, -0.1) is 6.58 Å². The van der Waals surface area contributed by atoms with Crippen LogP contribution in [0.15, 0.2) is 12.7 Å². The van der Waals surface area contributed by atoms with Crippen LogP contribution < -0.4 is 5.32 Å². The zero-order valence-electron chi connectivity index (χ0n) is 17.7. The van der Waals surface area contributed by atoms with E-state index in [0.717, 1.165) is 25.7 Å². The Kier molecular flexibility index (Phi) is 11.5. The molecule has 6 heteroatoms. The molecule has 1 aliphatic heterocycles. The molecule has 0 aromatic carbocycles. The first kappa shape index (κ1) is 24.2. The van der Waals surface area contributed by atoms with Crippen molar-refractivity contribution in [1.29, 1.82) is 0 Å². The van der Waals surface area contributed by atoms with E-state index >= 15 is 0 Å². The van der Waals surface area contributed by atoms with Gasteiger partial charge in [-0.05, 0) is 31.6 Å². The van der Waals surface area contributed by atoms with Gasteiger partial charge in [0.25, 0.3) is 0 Å². The standard InChI is InChI=1S/C22H37NO5/c1-5-7-9-10-12-18-20(28-21(18)25)14-17(11-8-6-2)27-22(26)19(23-15-24)13-16(3)4/h6,15-20H,2,5,7-14H2,1,3-4H3,(H,23,24)/t17?,18-,19-,20?/m0/s1. The zero-order valence-corrected chi connectivity index (χ0v) is 17.7. The second-order valence-electron chi connectivity index (χ2n) is 8.06. The predicted octanol–water partition coefficient (Wildman–Crippen LogP) is 3.93. The fourth-order valence-electron chi connectivity index (χ4n) is 3.53. The number of rotatable bonds is 16. The van der Waals surface area contributed by atoms with Gasteiger partial charge in [-0.2, -0.15) is 0 Å². The molecule has 4 atom stereocenters. The maximum Gasteiger partial charge on any atom is 0.328 e. The average Bonchev–Trinajstić information content (AvgIpc) is 2.64. The van der Waals surface area contributed by atoms with E-state index < -0.39 is 12.0 Å². The number of carbonyl (C=O) groups excluding carboxylic acids is 3. The predicted molar refractivity (Wildman–Crippen MR) is 108 cm³/mol. The highest BCUT2D eigenvalue weighted by Gasteiger charge is 2.43. The first-order valence-corrected chi connectivity index (χ1v) is 10.6. The SMILES string of the molecule is C=CCCC(CC1OC(=O)[C@H]1CCCCCC)OC(=O)[C@H](CC(C)C)NC=O. The van der Waals surface area contributed by atoms with Crippen molar-refractivity contribution in [2.45, 2.75) is 96.8 Å². The molecule has 1 N–H and O–H groups in total. The molecule has 1 saturated heterocycles. The van der Waals surface area contributed by atoms with Crippen LogP contribution in [0.5, 0.6) is 0 Å². The highest BCUT2D eigenvalue weighted by Crippen LogP contribution is 2.32. The fraction of sp³-hybridized carbons (Fsp3) is 0.773. The van der Waals surface area contributed by atoms with Gasteiger partial charge in [0.15, 0.2) is 0 Å². The molecular formula is C22H37NO5. The van der Waals surface area contributed by atoms with Crippen LogP contribution in [0, 0.1) is 11.8 Å². The van der Waals surface area contributed by atoms with Crippen LogP contribution >= 0.6 is 0 Å². The minimum Gasteiger partial charge on any atom is -0.461 e. The molecule has 1 fully saturated rings. The van der Waals surface area contributed by atoms with Gasteiger partial charge in [-0.25, -0.2) is 4.79 Å². The van der Waals surface area contributed by atoms with E-state index in [9.17, 15) is 14.4 Å². The number of carbonyl (C=O) groups is 3. The lowest BCUT2D eigenvalue weighted by Gasteiger charge is -2.37. The first-order chi connectivity index (χ1) is 13.4. The Morgan fingerprint density at radius 3 is 2.64 bits per heavy atom. The molecule has 0 aliphatic carbocycles. The van der Waals surface area contributed by atoms with Gasteiger partial charge in [0.2, 0.25) is 6.41 Å². The van der Waals surface area contributed by atoms with E-state index in [1.54, 1.807) is 6.08 Å². The third kappa shape index (κ3) is 8.44. The lowest BCUT2D eigenvalue weighted by Crippen LogP contribution is -2.48. The number of hydrogen-bond acceptors (Lipinski definition) is 5. The summed E-state index contributed by atoms with van der Waals surface area (Å²) >= 11 is 0. The number of nitrogens with one attached hydrogen (secondary N) is 1. The quantitative estimate of drug-likeness (QED) is 0.185. The number of allylic oxidation sites excluding steroid dienone is 1. The van der Waals surface area contributed by atoms with Crippen molar-refractivity contribution in [3.05, 3.63) is 12.7 Å². The smallest absolute Gasteiger partial charge is 0.328 e. The van der Waals surface area contributed by atoms with Gasteiger partial charge in [0, 0.05) is 6.42 Å². The van der Waals surface area contributed by atoms with Crippen LogP contribution in [-0.4, -0.2) is 36.6 Å². The summed E-state index contributed by atoms with van der Waals surface area (Å²) in [5.41, 5.74) is 0. The molecule has 1 aliphatic rings. The van der Waals surface area contributed by atoms with Crippen LogP contribution in [-0.2, 0) is 23.9 Å². The average molecular weight is 396 g/mol. The zero-order chi connectivity index (χ0) is 20.9. The second-order valence-corrected chi connectivity index (χ2v) is 8.06. The number of amides is 1. The molecule has 0 bridgehead atoms. The number of ether oxygens (including phenoxy) is 2. The summed E-state index contributed by atoms with van der Waals surface area (Å²) in [4.78, 5) is 35.2. The van der Waals surface area contributed by atoms with Gasteiger partial charge in [0.05, 0.1) is 5.92 Å². The van der Waals surface area contributed by atoms with Crippen molar-refractivity contribution in [3.8, 4) is 0 Å². The largest absolute Gasteiger partial charge is 0.461 e. The van der Waals surface area contributed by atoms with Crippen molar-refractivity contribution in [1.82, 2.24) is 5.32 Å². The Morgan fingerprint density at radius 2 is 2.07 bits per heavy atom. The summed E-state index contributed by atoms with van der Waals surface area (Å²) in [6.45, 7) is 9.86. The lowest BCUT2D eigenvalue weighted by molar-refractivity contribution is -0.190. The van der Waals surface area contributed by atoms with Crippen molar-refractivity contribution >= 4 is 18.3 Å². The Morgan fingerprint density at radius 1 is 1.32 bits per heavy atom. The summed E-state index contributed by atoms with van der Waals surface area (Å²) in [7, 11) is 0. The van der Waals surface area contributed by atoms with Gasteiger partial charge in [-0.1, -0.05) is 52.5 Å². The summed E-state index contributed by atoms with van der Waals surface area (Å²) in [6, 6.07) is -0.655. The number of esters is 2. The fourth-order valence-corrected chi connectivity index (χ4v) is 3.53. The second kappa shape index (κ2) is 13.3. The molecule has 1 heterocycles. The van der Waals surface area contributed by atoms with E-state index in [1.807, 2.05) is 13.8 Å². The highest BCUT2D eigenvalue weighted by molar-refractivity contribution is 5.79. The molecule has 0 aromatic heterocycles. The highest BCUT2D eigenvalue weighted by atomic mass is 16.6. The van der Waals surface area contributed by atoms with E-state index in [4.69, 9.17) is 9.47 Å². The van der Waals surface area contributed by atoms with Crippen molar-refractivity contribution in [2.75, 3.05) is 0 Å². The first-order valence-electron chi connectivity index (χ1n) is 10.6. The Bertz CT molecular complexity index is 505. The van der Waals surface area contributed by atoms with Crippen LogP contribution in [0.2, 0.25) is 0 Å². The van der Waals surface area contributed by atoms with Gasteiger partial charge < -0.3 is 14.8 Å². The summed E-state index contributed by atoms with van der Waals surface area (Å²) in [5, 5.41) is 2.55. The van der Waals surface area contributed by atoms with E-state index in [0.29, 0.717) is 32.1 Å². The van der Waals surface area contributed by atoms with Crippen molar-refractivity contribution in [2.24, 2.45) is 11.8 Å². The molecule has 0 radical (unpaired) electrons. The van der Waals surface area contributed by atoms with Gasteiger partial charge >= 0.3 is 11.9 Å². The normalized spacial score (nSPS) is 20.6. The maximum absolute atomic E-state index is 12.5. The van der Waals surface area contributed by atoms with E-state index in [2.05, 4.69) is 18.8 Å². The van der Waals surface area contributed by atoms with Gasteiger partial charge in [0.1, 0.15) is 18.2 Å². The molecule has 0 aromatic rings. The summed E-state index contributed by atoms with van der Waals surface area (Å²) < 4.78 is 11.0. The third-order valence-corrected chi connectivity index (χ3v) is 5.12. The van der Waals surface area contributed by atoms with Crippen LogP contribution in [0.25, 0.3) is 0 Å². The summed E-state index contributed by atoms with van der Waals surface area (Å²) in [6.07, 6.45) is 9.41. The molecular weight excluding hydrogens is 358 g/mol. The third-order valence-electron chi connectivity index (χ3n) is 5.12. The monoisotopic (exact) mass is 395 g/mol. The number of cyclic esters (lactones) is 1. The minimum atomic E-state index is -0.655. The Labute approximate surface area is 169 Å². The Hall–Kier alpha value is -1.85. The lowest BCUT2D eigenvalue weighted by atomic mass is 9.86. The molecule has 160 valence electrons. The number of unbranched alkanes of at least 4 members (excludes halogenated alkanes) is 3. The molecule has 0 saturated carbocycles. The van der Waals surface area contributed by atoms with E-state index in [-0.39, 0.29) is 30.0 Å². The van der Waals surface area contributed by atoms with Crippen LogP contribution in [0.3, 0.4) is 0 Å². The van der Waals surface area contributed by atoms with E-state index in [1.165, 1.54) is 6.42 Å². The molecule has 6 nitrogen and oxygen atoms in total. The molecule has 1 rings (SSSR count). The summed E-state index contributed by atoms with van der Waals surface area (Å²) in [5.74, 6) is -0.423.